The van der Waals surface area contributed by atoms with E-state index in [-0.39, 0.29) is 22.8 Å². The third-order valence-electron chi connectivity index (χ3n) is 4.26. The number of aromatic nitrogens is 2. The molecule has 3 aromatic rings. The summed E-state index contributed by atoms with van der Waals surface area (Å²) in [5, 5.41) is 2.13. The fourth-order valence-electron chi connectivity index (χ4n) is 2.53. The number of aryl methyl sites for hydroxylation is 1. The summed E-state index contributed by atoms with van der Waals surface area (Å²) in [5.41, 5.74) is 0.324. The third kappa shape index (κ3) is 4.66. The highest BCUT2D eigenvalue weighted by Crippen LogP contribution is 2.19. The van der Waals surface area contributed by atoms with Crippen molar-refractivity contribution >= 4 is 21.6 Å². The molecule has 0 spiro atoms. The van der Waals surface area contributed by atoms with Gasteiger partial charge in [-0.3, -0.25) is 4.79 Å². The van der Waals surface area contributed by atoms with Gasteiger partial charge in [-0.1, -0.05) is 23.8 Å². The van der Waals surface area contributed by atoms with Crippen molar-refractivity contribution in [2.75, 3.05) is 12.4 Å². The normalized spacial score (nSPS) is 11.5. The van der Waals surface area contributed by atoms with Gasteiger partial charge in [-0.05, 0) is 31.2 Å². The summed E-state index contributed by atoms with van der Waals surface area (Å²) in [5.74, 6) is -2.47. The SMILES string of the molecule is Cc1ccc(S(=O)(=O)N(C)Cc2ncc(C(=O)Nc3c(F)cccc3F)cn2)cc1. The number of para-hydroxylation sites is 1. The number of rotatable bonds is 6. The van der Waals surface area contributed by atoms with Crippen LogP contribution in [0.25, 0.3) is 0 Å². The number of carbonyl (C=O) groups is 1. The standard InChI is InChI=1S/C20H18F2N4O3S/c1-13-6-8-15(9-7-13)30(28,29)26(2)12-18-23-10-14(11-24-18)20(27)25-19-16(21)4-3-5-17(19)22/h3-11H,12H2,1-2H3,(H,25,27). The molecule has 0 unspecified atom stereocenters. The number of hydrogen-bond acceptors (Lipinski definition) is 5. The smallest absolute Gasteiger partial charge is 0.258 e. The van der Waals surface area contributed by atoms with E-state index >= 15 is 0 Å². The lowest BCUT2D eigenvalue weighted by Gasteiger charge is -2.16. The maximum atomic E-state index is 13.7. The first-order chi connectivity index (χ1) is 14.2. The molecule has 1 amide bonds. The van der Waals surface area contributed by atoms with Gasteiger partial charge in [0.2, 0.25) is 10.0 Å². The Morgan fingerprint density at radius 3 is 2.17 bits per heavy atom. The number of anilines is 1. The van der Waals surface area contributed by atoms with Crippen LogP contribution in [0.4, 0.5) is 14.5 Å². The van der Waals surface area contributed by atoms with Crippen molar-refractivity contribution in [1.29, 1.82) is 0 Å². The van der Waals surface area contributed by atoms with E-state index in [2.05, 4.69) is 15.3 Å². The van der Waals surface area contributed by atoms with E-state index in [0.717, 1.165) is 34.4 Å². The van der Waals surface area contributed by atoms with E-state index in [0.29, 0.717) is 0 Å². The van der Waals surface area contributed by atoms with Crippen LogP contribution in [-0.2, 0) is 16.6 Å². The fourth-order valence-corrected chi connectivity index (χ4v) is 3.66. The van der Waals surface area contributed by atoms with Gasteiger partial charge in [-0.2, -0.15) is 4.31 Å². The van der Waals surface area contributed by atoms with Crippen LogP contribution in [0.1, 0.15) is 21.7 Å². The monoisotopic (exact) mass is 432 g/mol. The molecule has 0 aliphatic heterocycles. The Balaban J connectivity index is 1.71. The average Bonchev–Trinajstić information content (AvgIpc) is 2.71. The van der Waals surface area contributed by atoms with E-state index in [1.165, 1.54) is 25.2 Å². The van der Waals surface area contributed by atoms with Gasteiger partial charge in [0.1, 0.15) is 23.1 Å². The molecule has 0 aliphatic carbocycles. The summed E-state index contributed by atoms with van der Waals surface area (Å²) in [7, 11) is -2.35. The first-order valence-corrected chi connectivity index (χ1v) is 10.2. The Labute approximate surface area is 172 Å². The lowest BCUT2D eigenvalue weighted by Crippen LogP contribution is -2.27. The van der Waals surface area contributed by atoms with Crippen LogP contribution in [0.5, 0.6) is 0 Å². The minimum absolute atomic E-state index is 0.0366. The van der Waals surface area contributed by atoms with Gasteiger partial charge in [-0.25, -0.2) is 27.2 Å². The van der Waals surface area contributed by atoms with Crippen LogP contribution in [-0.4, -0.2) is 35.6 Å². The molecule has 0 saturated heterocycles. The Morgan fingerprint density at radius 2 is 1.60 bits per heavy atom. The van der Waals surface area contributed by atoms with E-state index in [9.17, 15) is 22.0 Å². The van der Waals surface area contributed by atoms with E-state index in [1.807, 2.05) is 6.92 Å². The summed E-state index contributed by atoms with van der Waals surface area (Å²) in [6.07, 6.45) is 2.31. The number of nitrogens with one attached hydrogen (secondary N) is 1. The van der Waals surface area contributed by atoms with Crippen molar-refractivity contribution in [2.45, 2.75) is 18.4 Å². The Hall–Kier alpha value is -3.24. The second-order valence-electron chi connectivity index (χ2n) is 6.51. The van der Waals surface area contributed by atoms with Gasteiger partial charge in [0.05, 0.1) is 17.0 Å². The highest BCUT2D eigenvalue weighted by molar-refractivity contribution is 7.89. The van der Waals surface area contributed by atoms with Gasteiger partial charge in [0.25, 0.3) is 5.91 Å². The molecule has 0 saturated carbocycles. The number of benzene rings is 2. The quantitative estimate of drug-likeness (QED) is 0.646. The zero-order chi connectivity index (χ0) is 21.9. The first kappa shape index (κ1) is 21.5. The summed E-state index contributed by atoms with van der Waals surface area (Å²) in [4.78, 5) is 20.3. The number of carbonyl (C=O) groups excluding carboxylic acids is 1. The zero-order valence-corrected chi connectivity index (χ0v) is 17.0. The van der Waals surface area contributed by atoms with Crippen molar-refractivity contribution < 1.29 is 22.0 Å². The highest BCUT2D eigenvalue weighted by atomic mass is 32.2. The van der Waals surface area contributed by atoms with Gasteiger partial charge in [-0.15, -0.1) is 0 Å². The van der Waals surface area contributed by atoms with Crippen molar-refractivity contribution in [2.24, 2.45) is 0 Å². The molecule has 0 radical (unpaired) electrons. The molecule has 0 atom stereocenters. The highest BCUT2D eigenvalue weighted by Gasteiger charge is 2.22. The van der Waals surface area contributed by atoms with Crippen LogP contribution in [0, 0.1) is 18.6 Å². The predicted octanol–water partition coefficient (Wildman–Crippen LogP) is 3.14. The van der Waals surface area contributed by atoms with Crippen molar-refractivity contribution in [1.82, 2.24) is 14.3 Å². The van der Waals surface area contributed by atoms with Gasteiger partial charge >= 0.3 is 0 Å². The van der Waals surface area contributed by atoms with Crippen LogP contribution >= 0.6 is 0 Å². The second kappa shape index (κ2) is 8.64. The molecule has 156 valence electrons. The maximum absolute atomic E-state index is 13.7. The Morgan fingerprint density at radius 1 is 1.03 bits per heavy atom. The molecular weight excluding hydrogens is 414 g/mol. The first-order valence-electron chi connectivity index (χ1n) is 8.78. The van der Waals surface area contributed by atoms with Crippen LogP contribution < -0.4 is 5.32 Å². The molecule has 10 heteroatoms. The second-order valence-corrected chi connectivity index (χ2v) is 8.56. The van der Waals surface area contributed by atoms with Crippen molar-refractivity contribution in [3.05, 3.63) is 83.4 Å². The van der Waals surface area contributed by atoms with Crippen molar-refractivity contribution in [3.8, 4) is 0 Å². The minimum atomic E-state index is -3.74. The van der Waals surface area contributed by atoms with Gasteiger partial charge in [0, 0.05) is 19.4 Å². The molecule has 30 heavy (non-hydrogen) atoms. The number of sulfonamides is 1. The topological polar surface area (TPSA) is 92.3 Å². The van der Waals surface area contributed by atoms with Gasteiger partial charge in [0.15, 0.2) is 0 Å². The van der Waals surface area contributed by atoms with Crippen molar-refractivity contribution in [3.63, 3.8) is 0 Å². The summed E-state index contributed by atoms with van der Waals surface area (Å²) < 4.78 is 53.7. The molecule has 1 aromatic heterocycles. The van der Waals surface area contributed by atoms with E-state index in [1.54, 1.807) is 12.1 Å². The molecular formula is C20H18F2N4O3S. The fraction of sp³-hybridized carbons (Fsp3) is 0.150. The third-order valence-corrected chi connectivity index (χ3v) is 6.08. The average molecular weight is 432 g/mol. The summed E-state index contributed by atoms with van der Waals surface area (Å²) >= 11 is 0. The van der Waals surface area contributed by atoms with E-state index in [4.69, 9.17) is 0 Å². The molecule has 7 nitrogen and oxygen atoms in total. The lowest BCUT2D eigenvalue weighted by atomic mass is 10.2. The summed E-state index contributed by atoms with van der Waals surface area (Å²) in [6.45, 7) is 1.73. The Kier molecular flexibility index (Phi) is 6.18. The minimum Gasteiger partial charge on any atom is -0.317 e. The van der Waals surface area contributed by atoms with E-state index < -0.39 is 33.3 Å². The molecule has 0 bridgehead atoms. The Bertz CT molecular complexity index is 1150. The maximum Gasteiger partial charge on any atom is 0.258 e. The molecule has 0 aliphatic rings. The number of hydrogen-bond donors (Lipinski definition) is 1. The molecule has 1 N–H and O–H groups in total. The van der Waals surface area contributed by atoms with Crippen LogP contribution in [0.2, 0.25) is 0 Å². The summed E-state index contributed by atoms with van der Waals surface area (Å²) in [6, 6.07) is 9.63. The molecule has 0 fully saturated rings. The van der Waals surface area contributed by atoms with Crippen LogP contribution in [0.3, 0.4) is 0 Å². The zero-order valence-electron chi connectivity index (χ0n) is 16.1. The number of amides is 1. The van der Waals surface area contributed by atoms with Gasteiger partial charge < -0.3 is 5.32 Å². The number of halogens is 2. The molecule has 3 rings (SSSR count). The number of nitrogens with zero attached hydrogens (tertiary/aromatic N) is 3. The molecule has 2 aromatic carbocycles. The molecule has 1 heterocycles. The van der Waals surface area contributed by atoms with Crippen LogP contribution in [0.15, 0.2) is 59.8 Å². The predicted molar refractivity (Wildman–Crippen MR) is 106 cm³/mol. The largest absolute Gasteiger partial charge is 0.317 e. The lowest BCUT2D eigenvalue weighted by molar-refractivity contribution is 0.102.